The van der Waals surface area contributed by atoms with Crippen molar-refractivity contribution >= 4 is 28.5 Å². The third-order valence-electron chi connectivity index (χ3n) is 5.38. The second-order valence-electron chi connectivity index (χ2n) is 7.25. The standard InChI is InChI=1S/C23H18N8/c24-22(25)19-10-28-17(8-30-19)13-5-4-12-2-1-3-15-14(6-7-16(13)21(12)15)18-9-31-20(11-29-18)23(26)27/h1-11,14H,(H3,24,25)(H3,26,27). The van der Waals surface area contributed by atoms with Crippen molar-refractivity contribution in [2.45, 2.75) is 5.92 Å². The van der Waals surface area contributed by atoms with Gasteiger partial charge in [-0.15, -0.1) is 0 Å². The molecule has 2 aromatic carbocycles. The lowest BCUT2D eigenvalue weighted by Gasteiger charge is -2.22. The third kappa shape index (κ3) is 3.10. The van der Waals surface area contributed by atoms with Crippen molar-refractivity contribution < 1.29 is 0 Å². The molecule has 8 heteroatoms. The summed E-state index contributed by atoms with van der Waals surface area (Å²) < 4.78 is 0. The molecule has 2 aromatic heterocycles. The first-order chi connectivity index (χ1) is 15.0. The van der Waals surface area contributed by atoms with Gasteiger partial charge >= 0.3 is 0 Å². The van der Waals surface area contributed by atoms with Crippen LogP contribution in [0.4, 0.5) is 0 Å². The van der Waals surface area contributed by atoms with E-state index < -0.39 is 0 Å². The first kappa shape index (κ1) is 18.6. The molecule has 4 aromatic rings. The lowest BCUT2D eigenvalue weighted by Crippen LogP contribution is -2.15. The van der Waals surface area contributed by atoms with Crippen LogP contribution in [0.5, 0.6) is 0 Å². The van der Waals surface area contributed by atoms with Crippen molar-refractivity contribution in [3.63, 3.8) is 0 Å². The Kier molecular flexibility index (Phi) is 4.25. The summed E-state index contributed by atoms with van der Waals surface area (Å²) in [4.78, 5) is 17.5. The zero-order chi connectivity index (χ0) is 21.5. The number of hydrogen-bond donors (Lipinski definition) is 4. The molecule has 0 saturated heterocycles. The van der Waals surface area contributed by atoms with E-state index in [1.807, 2.05) is 12.1 Å². The summed E-state index contributed by atoms with van der Waals surface area (Å²) in [5.74, 6) is -0.279. The van der Waals surface area contributed by atoms with E-state index >= 15 is 0 Å². The third-order valence-corrected chi connectivity index (χ3v) is 5.38. The molecule has 0 spiro atoms. The number of nitrogens with one attached hydrogen (secondary N) is 2. The Bertz CT molecular complexity index is 1370. The molecule has 1 unspecified atom stereocenters. The van der Waals surface area contributed by atoms with Gasteiger partial charge in [-0.2, -0.15) is 0 Å². The number of nitrogen functional groups attached to an aromatic ring is 2. The van der Waals surface area contributed by atoms with Crippen molar-refractivity contribution in [3.05, 3.63) is 89.4 Å². The van der Waals surface area contributed by atoms with Gasteiger partial charge in [0.05, 0.1) is 36.2 Å². The van der Waals surface area contributed by atoms with Crippen LogP contribution in [-0.2, 0) is 0 Å². The van der Waals surface area contributed by atoms with Gasteiger partial charge in [-0.3, -0.25) is 20.8 Å². The highest BCUT2D eigenvalue weighted by Crippen LogP contribution is 2.41. The van der Waals surface area contributed by atoms with Crippen LogP contribution in [0, 0.1) is 10.8 Å². The van der Waals surface area contributed by atoms with Gasteiger partial charge in [0.1, 0.15) is 23.1 Å². The predicted octanol–water partition coefficient (Wildman–Crippen LogP) is 2.81. The van der Waals surface area contributed by atoms with Crippen molar-refractivity contribution in [2.75, 3.05) is 0 Å². The monoisotopic (exact) mass is 406 g/mol. The van der Waals surface area contributed by atoms with Crippen LogP contribution < -0.4 is 11.5 Å². The van der Waals surface area contributed by atoms with Gasteiger partial charge in [0.15, 0.2) is 0 Å². The van der Waals surface area contributed by atoms with E-state index in [2.05, 4.69) is 50.3 Å². The van der Waals surface area contributed by atoms with Gasteiger partial charge in [-0.25, -0.2) is 9.97 Å². The Hall–Kier alpha value is -4.46. The minimum atomic E-state index is -0.110. The number of nitrogens with two attached hydrogens (primary N) is 2. The van der Waals surface area contributed by atoms with Gasteiger partial charge in [0.2, 0.25) is 0 Å². The second kappa shape index (κ2) is 7.10. The average molecular weight is 406 g/mol. The summed E-state index contributed by atoms with van der Waals surface area (Å²) in [5, 5.41) is 17.3. The first-order valence-electron chi connectivity index (χ1n) is 9.60. The highest BCUT2D eigenvalue weighted by atomic mass is 14.9. The molecular weight excluding hydrogens is 388 g/mol. The fraction of sp³-hybridized carbons (Fsp3) is 0.0435. The van der Waals surface area contributed by atoms with Crippen molar-refractivity contribution in [1.82, 2.24) is 19.9 Å². The quantitative estimate of drug-likeness (QED) is 0.302. The molecule has 1 aliphatic rings. The van der Waals surface area contributed by atoms with E-state index in [1.165, 1.54) is 12.4 Å². The molecule has 0 aliphatic heterocycles. The Morgan fingerprint density at radius 2 is 1.55 bits per heavy atom. The molecule has 2 heterocycles. The van der Waals surface area contributed by atoms with Crippen LogP contribution in [0.2, 0.25) is 0 Å². The molecule has 0 fully saturated rings. The first-order valence-corrected chi connectivity index (χ1v) is 9.60. The minimum Gasteiger partial charge on any atom is -0.382 e. The van der Waals surface area contributed by atoms with E-state index in [0.29, 0.717) is 17.1 Å². The van der Waals surface area contributed by atoms with E-state index in [1.54, 1.807) is 12.4 Å². The van der Waals surface area contributed by atoms with Gasteiger partial charge in [-0.1, -0.05) is 42.5 Å². The Labute approximate surface area is 177 Å². The number of aromatic nitrogens is 4. The zero-order valence-electron chi connectivity index (χ0n) is 16.4. The molecule has 0 radical (unpaired) electrons. The fourth-order valence-electron chi connectivity index (χ4n) is 3.89. The SMILES string of the molecule is N=C(N)c1cnc(-c2ccc3cccc4c3c2C=CC4c2cnc(C(=N)N)cn2)cn1. The molecule has 0 saturated carbocycles. The van der Waals surface area contributed by atoms with Crippen molar-refractivity contribution in [3.8, 4) is 11.3 Å². The summed E-state index contributed by atoms with van der Waals surface area (Å²) >= 11 is 0. The smallest absolute Gasteiger partial charge is 0.143 e. The van der Waals surface area contributed by atoms with Crippen LogP contribution in [0.25, 0.3) is 28.1 Å². The predicted molar refractivity (Wildman–Crippen MR) is 120 cm³/mol. The molecule has 0 bridgehead atoms. The summed E-state index contributed by atoms with van der Waals surface area (Å²) in [6.45, 7) is 0. The Morgan fingerprint density at radius 3 is 2.19 bits per heavy atom. The van der Waals surface area contributed by atoms with Gasteiger partial charge in [0.25, 0.3) is 0 Å². The number of hydrogen-bond acceptors (Lipinski definition) is 6. The molecule has 0 amide bonds. The fourth-order valence-corrected chi connectivity index (χ4v) is 3.89. The minimum absolute atomic E-state index is 0.0638. The second-order valence-corrected chi connectivity index (χ2v) is 7.25. The summed E-state index contributed by atoms with van der Waals surface area (Å²) in [6.07, 6.45) is 10.5. The molecule has 1 atom stereocenters. The van der Waals surface area contributed by atoms with E-state index in [-0.39, 0.29) is 17.6 Å². The highest BCUT2D eigenvalue weighted by Gasteiger charge is 2.23. The van der Waals surface area contributed by atoms with Crippen LogP contribution in [-0.4, -0.2) is 31.6 Å². The van der Waals surface area contributed by atoms with Crippen molar-refractivity contribution in [1.29, 1.82) is 10.8 Å². The molecule has 31 heavy (non-hydrogen) atoms. The molecule has 5 rings (SSSR count). The van der Waals surface area contributed by atoms with Crippen LogP contribution in [0.1, 0.15) is 34.1 Å². The number of allylic oxidation sites excluding steroid dienone is 1. The summed E-state index contributed by atoms with van der Waals surface area (Å²) in [6, 6.07) is 10.3. The molecule has 6 N–H and O–H groups in total. The van der Waals surface area contributed by atoms with Gasteiger partial charge in [-0.05, 0) is 21.9 Å². The number of rotatable bonds is 4. The largest absolute Gasteiger partial charge is 0.382 e. The molecular formula is C23H18N8. The van der Waals surface area contributed by atoms with Gasteiger partial charge in [0, 0.05) is 11.5 Å². The lowest BCUT2D eigenvalue weighted by atomic mass is 9.82. The highest BCUT2D eigenvalue weighted by molar-refractivity contribution is 6.01. The van der Waals surface area contributed by atoms with Crippen LogP contribution in [0.15, 0.2) is 61.2 Å². The normalized spacial score (nSPS) is 14.5. The number of benzene rings is 2. The van der Waals surface area contributed by atoms with E-state index in [0.717, 1.165) is 33.2 Å². The summed E-state index contributed by atoms with van der Waals surface area (Å²) in [7, 11) is 0. The Morgan fingerprint density at radius 1 is 0.806 bits per heavy atom. The maximum atomic E-state index is 7.51. The zero-order valence-corrected chi connectivity index (χ0v) is 16.4. The van der Waals surface area contributed by atoms with E-state index in [9.17, 15) is 0 Å². The molecule has 1 aliphatic carbocycles. The molecule has 150 valence electrons. The number of amidine groups is 2. The Balaban J connectivity index is 1.64. The van der Waals surface area contributed by atoms with Crippen LogP contribution in [0.3, 0.4) is 0 Å². The maximum absolute atomic E-state index is 7.51. The average Bonchev–Trinajstić information content (AvgIpc) is 2.80. The number of nitrogens with zero attached hydrogens (tertiary/aromatic N) is 4. The summed E-state index contributed by atoms with van der Waals surface area (Å²) in [5.41, 5.74) is 16.3. The lowest BCUT2D eigenvalue weighted by molar-refractivity contribution is 0.935. The van der Waals surface area contributed by atoms with Crippen LogP contribution >= 0.6 is 0 Å². The van der Waals surface area contributed by atoms with Gasteiger partial charge < -0.3 is 11.5 Å². The maximum Gasteiger partial charge on any atom is 0.143 e. The van der Waals surface area contributed by atoms with Crippen molar-refractivity contribution in [2.24, 2.45) is 11.5 Å². The molecule has 8 nitrogen and oxygen atoms in total. The topological polar surface area (TPSA) is 151 Å². The van der Waals surface area contributed by atoms with E-state index in [4.69, 9.17) is 22.3 Å².